The molecule has 2 aromatic heterocycles. The summed E-state index contributed by atoms with van der Waals surface area (Å²) in [6.45, 7) is 7.67. The quantitative estimate of drug-likeness (QED) is 0.861. The van der Waals surface area contributed by atoms with E-state index in [1.54, 1.807) is 11.3 Å². The van der Waals surface area contributed by atoms with Gasteiger partial charge in [0.1, 0.15) is 0 Å². The minimum absolute atomic E-state index is 0.433. The largest absolute Gasteiger partial charge is 0.309 e. The van der Waals surface area contributed by atoms with Gasteiger partial charge in [0.05, 0.1) is 5.51 Å². The van der Waals surface area contributed by atoms with Crippen LogP contribution in [0.3, 0.4) is 0 Å². The third-order valence-corrected chi connectivity index (χ3v) is 5.13. The van der Waals surface area contributed by atoms with E-state index in [9.17, 15) is 0 Å². The predicted octanol–water partition coefficient (Wildman–Crippen LogP) is 4.10. The third-order valence-electron chi connectivity index (χ3n) is 3.06. The van der Waals surface area contributed by atoms with E-state index >= 15 is 0 Å². The van der Waals surface area contributed by atoms with Gasteiger partial charge in [-0.1, -0.05) is 6.92 Å². The Hall–Kier alpha value is -0.710. The molecule has 0 saturated carbocycles. The fourth-order valence-corrected chi connectivity index (χ4v) is 3.67. The standard InChI is InChI=1S/C14H20N2S2/c1-4-5-16-13(7-12-8-15-9-17-12)14-6-10(2)11(3)18-14/h6,8-9,13,16H,4-5,7H2,1-3H3. The van der Waals surface area contributed by atoms with Crippen LogP contribution < -0.4 is 5.32 Å². The van der Waals surface area contributed by atoms with Crippen LogP contribution in [0, 0.1) is 13.8 Å². The van der Waals surface area contributed by atoms with Gasteiger partial charge in [0.25, 0.3) is 0 Å². The third kappa shape index (κ3) is 3.40. The number of hydrogen-bond acceptors (Lipinski definition) is 4. The van der Waals surface area contributed by atoms with E-state index in [0.29, 0.717) is 6.04 Å². The maximum Gasteiger partial charge on any atom is 0.0794 e. The fourth-order valence-electron chi connectivity index (χ4n) is 1.91. The zero-order chi connectivity index (χ0) is 13.0. The second-order valence-electron chi connectivity index (χ2n) is 4.57. The first-order valence-corrected chi connectivity index (χ1v) is 8.08. The van der Waals surface area contributed by atoms with Crippen LogP contribution in [0.5, 0.6) is 0 Å². The van der Waals surface area contributed by atoms with Crippen molar-refractivity contribution in [3.05, 3.63) is 38.0 Å². The van der Waals surface area contributed by atoms with Gasteiger partial charge in [-0.2, -0.15) is 0 Å². The van der Waals surface area contributed by atoms with E-state index in [1.165, 1.54) is 26.6 Å². The molecule has 0 amide bonds. The van der Waals surface area contributed by atoms with Gasteiger partial charge in [0.15, 0.2) is 0 Å². The van der Waals surface area contributed by atoms with Crippen LogP contribution in [0.4, 0.5) is 0 Å². The fraction of sp³-hybridized carbons (Fsp3) is 0.500. The zero-order valence-corrected chi connectivity index (χ0v) is 12.8. The summed E-state index contributed by atoms with van der Waals surface area (Å²) in [6, 6.07) is 2.76. The van der Waals surface area contributed by atoms with Crippen LogP contribution in [0.2, 0.25) is 0 Å². The van der Waals surface area contributed by atoms with Crippen LogP contribution in [0.15, 0.2) is 17.8 Å². The number of thiazole rings is 1. The Bertz CT molecular complexity index is 454. The number of hydrogen-bond donors (Lipinski definition) is 1. The molecule has 0 bridgehead atoms. The van der Waals surface area contributed by atoms with Crippen molar-refractivity contribution in [1.82, 2.24) is 10.3 Å². The molecule has 0 aliphatic heterocycles. The lowest BCUT2D eigenvalue weighted by atomic mass is 10.1. The summed E-state index contributed by atoms with van der Waals surface area (Å²) in [4.78, 5) is 8.40. The highest BCUT2D eigenvalue weighted by molar-refractivity contribution is 7.12. The van der Waals surface area contributed by atoms with Crippen LogP contribution in [0.1, 0.15) is 39.6 Å². The Labute approximate surface area is 117 Å². The molecule has 0 aromatic carbocycles. The second-order valence-corrected chi connectivity index (χ2v) is 6.83. The molecule has 0 radical (unpaired) electrons. The molecule has 0 spiro atoms. The van der Waals surface area contributed by atoms with Crippen molar-refractivity contribution in [2.24, 2.45) is 0 Å². The summed E-state index contributed by atoms with van der Waals surface area (Å²) in [5.41, 5.74) is 3.32. The maximum absolute atomic E-state index is 4.17. The number of rotatable bonds is 6. The Morgan fingerprint density at radius 1 is 1.39 bits per heavy atom. The van der Waals surface area contributed by atoms with E-state index in [-0.39, 0.29) is 0 Å². The van der Waals surface area contributed by atoms with Crippen LogP contribution in [0.25, 0.3) is 0 Å². The molecule has 18 heavy (non-hydrogen) atoms. The van der Waals surface area contributed by atoms with Crippen molar-refractivity contribution >= 4 is 22.7 Å². The lowest BCUT2D eigenvalue weighted by Gasteiger charge is -2.16. The van der Waals surface area contributed by atoms with Gasteiger partial charge in [-0.25, -0.2) is 0 Å². The first-order valence-electron chi connectivity index (χ1n) is 6.38. The Kier molecular flexibility index (Phi) is 4.92. The molecule has 0 saturated heterocycles. The first-order chi connectivity index (χ1) is 8.70. The minimum atomic E-state index is 0.433. The molecular weight excluding hydrogens is 260 g/mol. The predicted molar refractivity (Wildman–Crippen MR) is 80.6 cm³/mol. The molecular formula is C14H20N2S2. The number of aromatic nitrogens is 1. The minimum Gasteiger partial charge on any atom is -0.309 e. The normalized spacial score (nSPS) is 12.8. The molecule has 2 nitrogen and oxygen atoms in total. The highest BCUT2D eigenvalue weighted by Gasteiger charge is 2.15. The average Bonchev–Trinajstić information content (AvgIpc) is 2.96. The van der Waals surface area contributed by atoms with Gasteiger partial charge in [-0.3, -0.25) is 4.98 Å². The summed E-state index contributed by atoms with van der Waals surface area (Å²) in [5.74, 6) is 0. The summed E-state index contributed by atoms with van der Waals surface area (Å²) < 4.78 is 0. The van der Waals surface area contributed by atoms with E-state index in [4.69, 9.17) is 0 Å². The smallest absolute Gasteiger partial charge is 0.0794 e. The molecule has 2 heterocycles. The molecule has 2 rings (SSSR count). The van der Waals surface area contributed by atoms with Crippen LogP contribution in [-0.4, -0.2) is 11.5 Å². The van der Waals surface area contributed by atoms with E-state index in [1.807, 2.05) is 23.0 Å². The number of thiophene rings is 1. The van der Waals surface area contributed by atoms with E-state index in [0.717, 1.165) is 13.0 Å². The van der Waals surface area contributed by atoms with Crippen molar-refractivity contribution in [2.75, 3.05) is 6.54 Å². The highest BCUT2D eigenvalue weighted by Crippen LogP contribution is 2.29. The highest BCUT2D eigenvalue weighted by atomic mass is 32.1. The Balaban J connectivity index is 2.13. The van der Waals surface area contributed by atoms with Gasteiger partial charge >= 0.3 is 0 Å². The number of nitrogens with one attached hydrogen (secondary N) is 1. The van der Waals surface area contributed by atoms with Crippen molar-refractivity contribution in [1.29, 1.82) is 0 Å². The average molecular weight is 280 g/mol. The number of aryl methyl sites for hydroxylation is 2. The summed E-state index contributed by atoms with van der Waals surface area (Å²) in [6.07, 6.45) is 4.20. The van der Waals surface area contributed by atoms with Crippen molar-refractivity contribution in [3.63, 3.8) is 0 Å². The van der Waals surface area contributed by atoms with Gasteiger partial charge in [0, 0.05) is 33.3 Å². The molecule has 0 fully saturated rings. The van der Waals surface area contributed by atoms with Crippen molar-refractivity contribution < 1.29 is 0 Å². The maximum atomic E-state index is 4.17. The molecule has 1 unspecified atom stereocenters. The monoisotopic (exact) mass is 280 g/mol. The van der Waals surface area contributed by atoms with E-state index in [2.05, 4.69) is 37.1 Å². The molecule has 98 valence electrons. The molecule has 1 atom stereocenters. The first kappa shape index (κ1) is 13.7. The SMILES string of the molecule is CCCNC(Cc1cncs1)c1cc(C)c(C)s1. The summed E-state index contributed by atoms with van der Waals surface area (Å²) in [7, 11) is 0. The van der Waals surface area contributed by atoms with Gasteiger partial charge < -0.3 is 5.32 Å². The van der Waals surface area contributed by atoms with Gasteiger partial charge in [0.2, 0.25) is 0 Å². The second kappa shape index (κ2) is 6.45. The van der Waals surface area contributed by atoms with Crippen LogP contribution in [-0.2, 0) is 6.42 Å². The Morgan fingerprint density at radius 3 is 2.78 bits per heavy atom. The zero-order valence-electron chi connectivity index (χ0n) is 11.2. The van der Waals surface area contributed by atoms with Gasteiger partial charge in [-0.05, 0) is 38.4 Å². The van der Waals surface area contributed by atoms with Crippen molar-refractivity contribution in [3.8, 4) is 0 Å². The Morgan fingerprint density at radius 2 is 2.22 bits per heavy atom. The van der Waals surface area contributed by atoms with Crippen LogP contribution >= 0.6 is 22.7 Å². The molecule has 0 aliphatic rings. The topological polar surface area (TPSA) is 24.9 Å². The van der Waals surface area contributed by atoms with E-state index < -0.39 is 0 Å². The summed E-state index contributed by atoms with van der Waals surface area (Å²) >= 11 is 3.66. The number of nitrogens with zero attached hydrogens (tertiary/aromatic N) is 1. The summed E-state index contributed by atoms with van der Waals surface area (Å²) in [5, 5.41) is 3.65. The molecule has 0 aliphatic carbocycles. The van der Waals surface area contributed by atoms with Crippen molar-refractivity contribution in [2.45, 2.75) is 39.7 Å². The lowest BCUT2D eigenvalue weighted by molar-refractivity contribution is 0.539. The molecule has 4 heteroatoms. The molecule has 2 aromatic rings. The molecule has 1 N–H and O–H groups in total. The van der Waals surface area contributed by atoms with Gasteiger partial charge in [-0.15, -0.1) is 22.7 Å². The lowest BCUT2D eigenvalue weighted by Crippen LogP contribution is -2.23.